The fraction of sp³-hybridized carbons (Fsp3) is 0.375. The van der Waals surface area contributed by atoms with Gasteiger partial charge in [0.15, 0.2) is 0 Å². The number of nitrogens with zero attached hydrogens (tertiary/aromatic N) is 2. The first-order chi connectivity index (χ1) is 9.79. The van der Waals surface area contributed by atoms with Crippen LogP contribution in [0.2, 0.25) is 0 Å². The monoisotopic (exact) mass is 269 g/mol. The zero-order valence-corrected chi connectivity index (χ0v) is 11.7. The summed E-state index contributed by atoms with van der Waals surface area (Å²) in [7, 11) is 0. The zero-order valence-electron chi connectivity index (χ0n) is 11.7. The van der Waals surface area contributed by atoms with Gasteiger partial charge in [0.25, 0.3) is 5.56 Å². The summed E-state index contributed by atoms with van der Waals surface area (Å²) in [6.45, 7) is 4.14. The molecule has 0 aliphatic carbocycles. The second kappa shape index (κ2) is 5.49. The number of aromatic amines is 1. The standard InChI is InChI=1S/C16H19N3O/c1-2-12-5-7-13(8-6-12)15-14(11-17-18-16(15)20)19-9-3-4-10-19/h5-8,11H,2-4,9-10H2,1H3,(H,18,20). The van der Waals surface area contributed by atoms with E-state index in [-0.39, 0.29) is 5.56 Å². The summed E-state index contributed by atoms with van der Waals surface area (Å²) in [6.07, 6.45) is 5.14. The molecule has 0 amide bonds. The highest BCUT2D eigenvalue weighted by Gasteiger charge is 2.19. The molecule has 1 aliphatic heterocycles. The summed E-state index contributed by atoms with van der Waals surface area (Å²) >= 11 is 0. The molecule has 0 bridgehead atoms. The summed E-state index contributed by atoms with van der Waals surface area (Å²) in [5, 5.41) is 6.53. The predicted octanol–water partition coefficient (Wildman–Crippen LogP) is 2.60. The molecular weight excluding hydrogens is 250 g/mol. The Labute approximate surface area is 118 Å². The van der Waals surface area contributed by atoms with Crippen LogP contribution in [0.15, 0.2) is 35.3 Å². The van der Waals surface area contributed by atoms with E-state index < -0.39 is 0 Å². The number of aryl methyl sites for hydroxylation is 1. The number of nitrogens with one attached hydrogen (secondary N) is 1. The van der Waals surface area contributed by atoms with Crippen LogP contribution in [0.3, 0.4) is 0 Å². The van der Waals surface area contributed by atoms with E-state index in [1.807, 2.05) is 12.1 Å². The van der Waals surface area contributed by atoms with Gasteiger partial charge in [-0.2, -0.15) is 5.10 Å². The Morgan fingerprint density at radius 1 is 1.20 bits per heavy atom. The van der Waals surface area contributed by atoms with Crippen LogP contribution in [0.25, 0.3) is 11.1 Å². The van der Waals surface area contributed by atoms with E-state index in [2.05, 4.69) is 34.2 Å². The highest BCUT2D eigenvalue weighted by Crippen LogP contribution is 2.29. The normalized spacial score (nSPS) is 14.8. The van der Waals surface area contributed by atoms with Crippen molar-refractivity contribution < 1.29 is 0 Å². The number of H-pyrrole nitrogens is 1. The van der Waals surface area contributed by atoms with Gasteiger partial charge < -0.3 is 4.90 Å². The van der Waals surface area contributed by atoms with E-state index >= 15 is 0 Å². The fourth-order valence-electron chi connectivity index (χ4n) is 2.77. The lowest BCUT2D eigenvalue weighted by Gasteiger charge is -2.20. The molecule has 3 rings (SSSR count). The molecule has 1 aromatic heterocycles. The first-order valence-electron chi connectivity index (χ1n) is 7.21. The highest BCUT2D eigenvalue weighted by atomic mass is 16.1. The van der Waals surface area contributed by atoms with Crippen LogP contribution in [0.1, 0.15) is 25.3 Å². The van der Waals surface area contributed by atoms with Crippen molar-refractivity contribution >= 4 is 5.69 Å². The molecule has 1 aliphatic rings. The Morgan fingerprint density at radius 3 is 2.55 bits per heavy atom. The van der Waals surface area contributed by atoms with E-state index in [1.54, 1.807) is 6.20 Å². The largest absolute Gasteiger partial charge is 0.370 e. The Bertz CT molecular complexity index is 640. The second-order valence-electron chi connectivity index (χ2n) is 5.20. The Balaban J connectivity index is 2.08. The summed E-state index contributed by atoms with van der Waals surface area (Å²) in [5.74, 6) is 0. The summed E-state index contributed by atoms with van der Waals surface area (Å²) < 4.78 is 0. The zero-order chi connectivity index (χ0) is 13.9. The quantitative estimate of drug-likeness (QED) is 0.931. The first-order valence-corrected chi connectivity index (χ1v) is 7.21. The molecule has 4 nitrogen and oxygen atoms in total. The molecule has 104 valence electrons. The topological polar surface area (TPSA) is 49.0 Å². The third-order valence-electron chi connectivity index (χ3n) is 3.93. The van der Waals surface area contributed by atoms with Crippen molar-refractivity contribution in [3.8, 4) is 11.1 Å². The minimum atomic E-state index is -0.112. The minimum absolute atomic E-state index is 0.112. The number of rotatable bonds is 3. The van der Waals surface area contributed by atoms with Crippen LogP contribution in [0, 0.1) is 0 Å². The SMILES string of the molecule is CCc1ccc(-c2c(N3CCCC3)cn[nH]c2=O)cc1. The van der Waals surface area contributed by atoms with Crippen molar-refractivity contribution in [3.05, 3.63) is 46.4 Å². The first kappa shape index (κ1) is 12.9. The van der Waals surface area contributed by atoms with Gasteiger partial charge in [-0.1, -0.05) is 31.2 Å². The maximum Gasteiger partial charge on any atom is 0.274 e. The van der Waals surface area contributed by atoms with E-state index in [0.29, 0.717) is 0 Å². The van der Waals surface area contributed by atoms with Crippen molar-refractivity contribution in [2.45, 2.75) is 26.2 Å². The van der Waals surface area contributed by atoms with Gasteiger partial charge in [0.1, 0.15) is 0 Å². The van der Waals surface area contributed by atoms with Crippen LogP contribution >= 0.6 is 0 Å². The van der Waals surface area contributed by atoms with Crippen LogP contribution in [-0.2, 0) is 6.42 Å². The van der Waals surface area contributed by atoms with Crippen LogP contribution < -0.4 is 10.5 Å². The molecule has 1 fully saturated rings. The van der Waals surface area contributed by atoms with Gasteiger partial charge in [-0.25, -0.2) is 5.10 Å². The summed E-state index contributed by atoms with van der Waals surface area (Å²) in [5.41, 5.74) is 3.83. The number of benzene rings is 1. The lowest BCUT2D eigenvalue weighted by Crippen LogP contribution is -2.23. The number of hydrogen-bond acceptors (Lipinski definition) is 3. The van der Waals surface area contributed by atoms with Gasteiger partial charge in [-0.05, 0) is 30.4 Å². The van der Waals surface area contributed by atoms with E-state index in [0.717, 1.165) is 36.3 Å². The smallest absolute Gasteiger partial charge is 0.274 e. The van der Waals surface area contributed by atoms with Crippen molar-refractivity contribution in [3.63, 3.8) is 0 Å². The summed E-state index contributed by atoms with van der Waals surface area (Å²) in [6, 6.07) is 8.23. The van der Waals surface area contributed by atoms with E-state index in [1.165, 1.54) is 18.4 Å². The molecule has 1 saturated heterocycles. The van der Waals surface area contributed by atoms with Crippen LogP contribution in [0.5, 0.6) is 0 Å². The fourth-order valence-corrected chi connectivity index (χ4v) is 2.77. The van der Waals surface area contributed by atoms with E-state index in [9.17, 15) is 4.79 Å². The molecule has 1 N–H and O–H groups in total. The molecule has 0 saturated carbocycles. The van der Waals surface area contributed by atoms with Crippen LogP contribution in [0.4, 0.5) is 5.69 Å². The Morgan fingerprint density at radius 2 is 1.90 bits per heavy atom. The molecule has 0 unspecified atom stereocenters. The molecule has 0 spiro atoms. The Hall–Kier alpha value is -2.10. The maximum atomic E-state index is 12.2. The molecule has 2 aromatic rings. The van der Waals surface area contributed by atoms with Gasteiger partial charge in [-0.3, -0.25) is 4.79 Å². The van der Waals surface area contributed by atoms with Gasteiger partial charge in [0.2, 0.25) is 0 Å². The highest BCUT2D eigenvalue weighted by molar-refractivity contribution is 5.77. The van der Waals surface area contributed by atoms with Crippen molar-refractivity contribution in [1.82, 2.24) is 10.2 Å². The van der Waals surface area contributed by atoms with Crippen molar-refractivity contribution in [2.75, 3.05) is 18.0 Å². The van der Waals surface area contributed by atoms with Gasteiger partial charge in [0, 0.05) is 13.1 Å². The number of hydrogen-bond donors (Lipinski definition) is 1. The number of aromatic nitrogens is 2. The summed E-state index contributed by atoms with van der Waals surface area (Å²) in [4.78, 5) is 14.5. The van der Waals surface area contributed by atoms with Gasteiger partial charge >= 0.3 is 0 Å². The average Bonchev–Trinajstić information content (AvgIpc) is 3.01. The molecule has 1 aromatic carbocycles. The molecule has 0 radical (unpaired) electrons. The van der Waals surface area contributed by atoms with Gasteiger partial charge in [-0.15, -0.1) is 0 Å². The molecule has 0 atom stereocenters. The predicted molar refractivity (Wildman–Crippen MR) is 81.1 cm³/mol. The lowest BCUT2D eigenvalue weighted by atomic mass is 10.0. The van der Waals surface area contributed by atoms with Gasteiger partial charge in [0.05, 0.1) is 17.4 Å². The van der Waals surface area contributed by atoms with E-state index in [4.69, 9.17) is 0 Å². The number of anilines is 1. The minimum Gasteiger partial charge on any atom is -0.370 e. The third kappa shape index (κ3) is 2.33. The maximum absolute atomic E-state index is 12.2. The van der Waals surface area contributed by atoms with Crippen molar-refractivity contribution in [2.24, 2.45) is 0 Å². The van der Waals surface area contributed by atoms with Crippen molar-refractivity contribution in [1.29, 1.82) is 0 Å². The third-order valence-corrected chi connectivity index (χ3v) is 3.93. The Kier molecular flexibility index (Phi) is 3.54. The molecule has 2 heterocycles. The second-order valence-corrected chi connectivity index (χ2v) is 5.20. The molecule has 4 heteroatoms. The average molecular weight is 269 g/mol. The van der Waals surface area contributed by atoms with Crippen LogP contribution in [-0.4, -0.2) is 23.3 Å². The lowest BCUT2D eigenvalue weighted by molar-refractivity contribution is 0.924. The molecule has 20 heavy (non-hydrogen) atoms. The molecular formula is C16H19N3O.